The highest BCUT2D eigenvalue weighted by atomic mass is 16.5. The topological polar surface area (TPSA) is 94.3 Å². The summed E-state index contributed by atoms with van der Waals surface area (Å²) in [6.45, 7) is 0.239. The van der Waals surface area contributed by atoms with E-state index >= 15 is 0 Å². The number of amides is 2. The van der Waals surface area contributed by atoms with E-state index in [1.807, 2.05) is 30.3 Å². The van der Waals surface area contributed by atoms with Crippen molar-refractivity contribution in [1.82, 2.24) is 10.3 Å². The van der Waals surface area contributed by atoms with Gasteiger partial charge in [-0.05, 0) is 24.3 Å². The van der Waals surface area contributed by atoms with Crippen molar-refractivity contribution in [1.29, 1.82) is 0 Å². The SMILES string of the molecule is NC(=O)c1ccccc1OCC#CCNC(=O)c1ccc2ccccc2n1. The maximum atomic E-state index is 12.1. The second-order valence-corrected chi connectivity index (χ2v) is 5.57. The predicted molar refractivity (Wildman–Crippen MR) is 102 cm³/mol. The van der Waals surface area contributed by atoms with Crippen LogP contribution in [0.3, 0.4) is 0 Å². The highest BCUT2D eigenvalue weighted by Gasteiger charge is 2.08. The van der Waals surface area contributed by atoms with Crippen LogP contribution >= 0.6 is 0 Å². The fourth-order valence-electron chi connectivity index (χ4n) is 2.43. The Hall–Kier alpha value is -3.85. The Kier molecular flexibility index (Phi) is 5.65. The number of nitrogens with two attached hydrogens (primary N) is 1. The number of aromatic nitrogens is 1. The minimum Gasteiger partial charge on any atom is -0.480 e. The summed E-state index contributed by atoms with van der Waals surface area (Å²) < 4.78 is 5.44. The summed E-state index contributed by atoms with van der Waals surface area (Å²) in [5.74, 6) is 5.09. The van der Waals surface area contributed by atoms with Gasteiger partial charge in [0.05, 0.1) is 17.6 Å². The minimum atomic E-state index is -0.561. The Bertz CT molecular complexity index is 1050. The summed E-state index contributed by atoms with van der Waals surface area (Å²) in [7, 11) is 0. The Balaban J connectivity index is 1.51. The molecule has 0 bridgehead atoms. The third-order valence-electron chi connectivity index (χ3n) is 3.75. The molecule has 0 saturated carbocycles. The average molecular weight is 359 g/mol. The van der Waals surface area contributed by atoms with E-state index in [0.717, 1.165) is 10.9 Å². The van der Waals surface area contributed by atoms with Gasteiger partial charge < -0.3 is 15.8 Å². The molecule has 3 N–H and O–H groups in total. The Morgan fingerprint density at radius 2 is 1.78 bits per heavy atom. The molecule has 0 radical (unpaired) electrons. The second kappa shape index (κ2) is 8.50. The number of primary amides is 1. The maximum Gasteiger partial charge on any atom is 0.270 e. The van der Waals surface area contributed by atoms with E-state index in [1.165, 1.54) is 0 Å². The molecule has 0 saturated heterocycles. The van der Waals surface area contributed by atoms with E-state index in [-0.39, 0.29) is 19.1 Å². The largest absolute Gasteiger partial charge is 0.480 e. The first kappa shape index (κ1) is 18.0. The zero-order valence-corrected chi connectivity index (χ0v) is 14.4. The molecule has 0 aliphatic rings. The molecule has 27 heavy (non-hydrogen) atoms. The van der Waals surface area contributed by atoms with Crippen LogP contribution in [0.2, 0.25) is 0 Å². The van der Waals surface area contributed by atoms with Gasteiger partial charge in [0, 0.05) is 5.39 Å². The van der Waals surface area contributed by atoms with Gasteiger partial charge in [0.1, 0.15) is 18.1 Å². The van der Waals surface area contributed by atoms with Crippen molar-refractivity contribution in [3.05, 3.63) is 71.9 Å². The number of nitrogens with one attached hydrogen (secondary N) is 1. The molecular formula is C21H17N3O3. The molecular weight excluding hydrogens is 342 g/mol. The van der Waals surface area contributed by atoms with Crippen LogP contribution in [0.5, 0.6) is 5.75 Å². The van der Waals surface area contributed by atoms with Gasteiger partial charge in [-0.15, -0.1) is 0 Å². The van der Waals surface area contributed by atoms with Gasteiger partial charge in [-0.3, -0.25) is 9.59 Å². The van der Waals surface area contributed by atoms with Crippen molar-refractivity contribution in [2.45, 2.75) is 0 Å². The summed E-state index contributed by atoms with van der Waals surface area (Å²) in [5.41, 5.74) is 6.68. The predicted octanol–water partition coefficient (Wildman–Crippen LogP) is 2.15. The molecule has 6 nitrogen and oxygen atoms in total. The molecule has 2 amide bonds. The standard InChI is InChI=1S/C21H17N3O3/c22-20(25)16-8-2-4-10-19(16)27-14-6-5-13-23-21(26)18-12-11-15-7-1-3-9-17(15)24-18/h1-4,7-12H,13-14H2,(H2,22,25)(H,23,26). The van der Waals surface area contributed by atoms with Crippen LogP contribution in [0.4, 0.5) is 0 Å². The molecule has 6 heteroatoms. The number of fused-ring (bicyclic) bond motifs is 1. The van der Waals surface area contributed by atoms with Crippen LogP contribution in [-0.2, 0) is 0 Å². The Labute approximate surface area is 156 Å². The normalized spacial score (nSPS) is 9.93. The zero-order chi connectivity index (χ0) is 19.1. The van der Waals surface area contributed by atoms with Crippen molar-refractivity contribution in [2.24, 2.45) is 5.73 Å². The van der Waals surface area contributed by atoms with Gasteiger partial charge >= 0.3 is 0 Å². The number of rotatable bonds is 5. The smallest absolute Gasteiger partial charge is 0.270 e. The zero-order valence-electron chi connectivity index (χ0n) is 14.4. The van der Waals surface area contributed by atoms with Crippen molar-refractivity contribution < 1.29 is 14.3 Å². The van der Waals surface area contributed by atoms with Gasteiger partial charge in [-0.25, -0.2) is 4.98 Å². The van der Waals surface area contributed by atoms with Gasteiger partial charge in [0.2, 0.25) is 0 Å². The lowest BCUT2D eigenvalue weighted by molar-refractivity contribution is 0.0952. The molecule has 0 unspecified atom stereocenters. The molecule has 0 fully saturated rings. The average Bonchev–Trinajstić information content (AvgIpc) is 2.70. The molecule has 0 aliphatic heterocycles. The molecule has 134 valence electrons. The van der Waals surface area contributed by atoms with Crippen molar-refractivity contribution in [3.8, 4) is 17.6 Å². The number of pyridine rings is 1. The van der Waals surface area contributed by atoms with Gasteiger partial charge in [0.15, 0.2) is 0 Å². The van der Waals surface area contributed by atoms with Gasteiger partial charge in [-0.1, -0.05) is 48.2 Å². The quantitative estimate of drug-likeness (QED) is 0.683. The summed E-state index contributed by atoms with van der Waals surface area (Å²) in [6, 6.07) is 17.8. The first-order valence-electron chi connectivity index (χ1n) is 8.26. The maximum absolute atomic E-state index is 12.1. The molecule has 1 aromatic heterocycles. The molecule has 0 aliphatic carbocycles. The summed E-state index contributed by atoms with van der Waals surface area (Å²) in [5, 5.41) is 3.66. The number of para-hydroxylation sites is 2. The fraction of sp³-hybridized carbons (Fsp3) is 0.0952. The second-order valence-electron chi connectivity index (χ2n) is 5.57. The van der Waals surface area contributed by atoms with E-state index in [0.29, 0.717) is 17.0 Å². The minimum absolute atomic E-state index is 0.0778. The first-order chi connectivity index (χ1) is 13.1. The summed E-state index contributed by atoms with van der Waals surface area (Å²) >= 11 is 0. The number of hydrogen-bond acceptors (Lipinski definition) is 4. The van der Waals surface area contributed by atoms with Crippen LogP contribution in [0.25, 0.3) is 10.9 Å². The third-order valence-corrected chi connectivity index (χ3v) is 3.75. The molecule has 2 aromatic carbocycles. The van der Waals surface area contributed by atoms with E-state index in [4.69, 9.17) is 10.5 Å². The molecule has 0 spiro atoms. The Morgan fingerprint density at radius 3 is 2.63 bits per heavy atom. The Morgan fingerprint density at radius 1 is 1.00 bits per heavy atom. The molecule has 0 atom stereocenters. The van der Waals surface area contributed by atoms with Crippen molar-refractivity contribution in [3.63, 3.8) is 0 Å². The first-order valence-corrected chi connectivity index (χ1v) is 8.26. The van der Waals surface area contributed by atoms with Crippen LogP contribution < -0.4 is 15.8 Å². The number of nitrogens with zero attached hydrogens (tertiary/aromatic N) is 1. The lowest BCUT2D eigenvalue weighted by atomic mass is 10.2. The van der Waals surface area contributed by atoms with E-state index in [1.54, 1.807) is 30.3 Å². The van der Waals surface area contributed by atoms with Crippen LogP contribution in [0, 0.1) is 11.8 Å². The molecule has 3 rings (SSSR count). The van der Waals surface area contributed by atoms with Crippen molar-refractivity contribution in [2.75, 3.05) is 13.2 Å². The summed E-state index contributed by atoms with van der Waals surface area (Å²) in [4.78, 5) is 27.8. The van der Waals surface area contributed by atoms with Crippen LogP contribution in [-0.4, -0.2) is 29.9 Å². The number of ether oxygens (including phenoxy) is 1. The number of benzene rings is 2. The lowest BCUT2D eigenvalue weighted by Crippen LogP contribution is -2.24. The monoisotopic (exact) mass is 359 g/mol. The highest BCUT2D eigenvalue weighted by molar-refractivity contribution is 5.95. The van der Waals surface area contributed by atoms with E-state index < -0.39 is 5.91 Å². The van der Waals surface area contributed by atoms with Gasteiger partial charge in [0.25, 0.3) is 11.8 Å². The lowest BCUT2D eigenvalue weighted by Gasteiger charge is -2.05. The fourth-order valence-corrected chi connectivity index (χ4v) is 2.43. The number of hydrogen-bond donors (Lipinski definition) is 2. The summed E-state index contributed by atoms with van der Waals surface area (Å²) in [6.07, 6.45) is 0. The molecule has 3 aromatic rings. The van der Waals surface area contributed by atoms with E-state index in [2.05, 4.69) is 22.1 Å². The number of carbonyl (C=O) groups excluding carboxylic acids is 2. The third kappa shape index (κ3) is 4.61. The number of carbonyl (C=O) groups is 2. The van der Waals surface area contributed by atoms with Gasteiger partial charge in [-0.2, -0.15) is 0 Å². The van der Waals surface area contributed by atoms with Crippen molar-refractivity contribution >= 4 is 22.7 Å². The highest BCUT2D eigenvalue weighted by Crippen LogP contribution is 2.16. The van der Waals surface area contributed by atoms with E-state index in [9.17, 15) is 9.59 Å². The molecule has 1 heterocycles. The van der Waals surface area contributed by atoms with Crippen LogP contribution in [0.15, 0.2) is 60.7 Å². The van der Waals surface area contributed by atoms with Crippen LogP contribution in [0.1, 0.15) is 20.8 Å².